The molecule has 0 aromatic heterocycles. The molecule has 0 aliphatic heterocycles. The maximum atomic E-state index is 12.9. The van der Waals surface area contributed by atoms with Gasteiger partial charge in [-0.2, -0.15) is 5.26 Å². The molecule has 0 atom stereocenters. The van der Waals surface area contributed by atoms with Gasteiger partial charge >= 0.3 is 0 Å². The molecule has 0 fully saturated rings. The Morgan fingerprint density at radius 2 is 2.33 bits per heavy atom. The maximum absolute atomic E-state index is 12.9. The Morgan fingerprint density at radius 1 is 1.58 bits per heavy atom. The zero-order chi connectivity index (χ0) is 8.97. The van der Waals surface area contributed by atoms with Gasteiger partial charge in [0.05, 0.1) is 11.6 Å². The number of alkyl halides is 1. The summed E-state index contributed by atoms with van der Waals surface area (Å²) in [6, 6.07) is 5.89. The first-order valence-corrected chi connectivity index (χ1v) is 4.28. The second kappa shape index (κ2) is 4.07. The number of hydrogen-bond donors (Lipinski definition) is 0. The normalized spacial score (nSPS) is 9.08. The summed E-state index contributed by atoms with van der Waals surface area (Å²) in [7, 11) is 0. The van der Waals surface area contributed by atoms with Crippen LogP contribution in [0.25, 0.3) is 0 Å². The minimum absolute atomic E-state index is 0.144. The first-order chi connectivity index (χ1) is 5.77. The van der Waals surface area contributed by atoms with E-state index in [0.717, 1.165) is 6.07 Å². The first kappa shape index (κ1) is 9.01. The molecule has 0 saturated carbocycles. The second-order valence-electron chi connectivity index (χ2n) is 2.01. The molecule has 0 spiro atoms. The lowest BCUT2D eigenvalue weighted by Gasteiger charge is -2.02. The van der Waals surface area contributed by atoms with Crippen molar-refractivity contribution in [2.45, 2.75) is 0 Å². The number of benzene rings is 1. The third-order valence-corrected chi connectivity index (χ3v) is 1.50. The van der Waals surface area contributed by atoms with Crippen molar-refractivity contribution < 1.29 is 9.13 Å². The Balaban J connectivity index is 2.97. The standard InChI is InChI=1S/C8H5BrFNO/c9-5-12-8-2-1-6(4-11)3-7(8)10/h1-3H,5H2. The lowest BCUT2D eigenvalue weighted by molar-refractivity contribution is 0.372. The summed E-state index contributed by atoms with van der Waals surface area (Å²) in [6.07, 6.45) is 0. The van der Waals surface area contributed by atoms with Crippen molar-refractivity contribution >= 4 is 15.9 Å². The van der Waals surface area contributed by atoms with Crippen molar-refractivity contribution in [1.82, 2.24) is 0 Å². The molecule has 4 heteroatoms. The lowest BCUT2D eigenvalue weighted by Crippen LogP contribution is -1.92. The molecule has 0 bridgehead atoms. The van der Waals surface area contributed by atoms with Gasteiger partial charge in [-0.3, -0.25) is 0 Å². The van der Waals surface area contributed by atoms with E-state index < -0.39 is 5.82 Å². The molecular formula is C8H5BrFNO. The molecule has 62 valence electrons. The van der Waals surface area contributed by atoms with Crippen molar-refractivity contribution in [3.8, 4) is 11.8 Å². The fourth-order valence-electron chi connectivity index (χ4n) is 0.746. The highest BCUT2D eigenvalue weighted by Crippen LogP contribution is 2.18. The van der Waals surface area contributed by atoms with Gasteiger partial charge in [0.2, 0.25) is 0 Å². The predicted octanol–water partition coefficient (Wildman–Crippen LogP) is 2.43. The van der Waals surface area contributed by atoms with E-state index in [-0.39, 0.29) is 16.8 Å². The molecule has 0 unspecified atom stereocenters. The van der Waals surface area contributed by atoms with Gasteiger partial charge in [0.1, 0.15) is 5.52 Å². The van der Waals surface area contributed by atoms with E-state index in [2.05, 4.69) is 15.9 Å². The highest BCUT2D eigenvalue weighted by Gasteiger charge is 2.02. The van der Waals surface area contributed by atoms with Crippen LogP contribution in [0.15, 0.2) is 18.2 Å². The molecule has 1 aromatic rings. The Kier molecular flexibility index (Phi) is 3.06. The monoisotopic (exact) mass is 229 g/mol. The van der Waals surface area contributed by atoms with Gasteiger partial charge in [-0.25, -0.2) is 4.39 Å². The number of hydrogen-bond acceptors (Lipinski definition) is 2. The molecule has 0 heterocycles. The molecule has 0 saturated heterocycles. The summed E-state index contributed by atoms with van der Waals surface area (Å²) in [5.41, 5.74) is 0.518. The maximum Gasteiger partial charge on any atom is 0.166 e. The third-order valence-electron chi connectivity index (χ3n) is 1.27. The van der Waals surface area contributed by atoms with E-state index in [0.29, 0.717) is 0 Å². The highest BCUT2D eigenvalue weighted by molar-refractivity contribution is 9.09. The van der Waals surface area contributed by atoms with Gasteiger partial charge in [0.25, 0.3) is 0 Å². The van der Waals surface area contributed by atoms with Crippen molar-refractivity contribution in [1.29, 1.82) is 5.26 Å². The van der Waals surface area contributed by atoms with Crippen LogP contribution < -0.4 is 4.74 Å². The van der Waals surface area contributed by atoms with Crippen LogP contribution in [0.3, 0.4) is 0 Å². The summed E-state index contributed by atoms with van der Waals surface area (Å²) in [5, 5.41) is 8.42. The van der Waals surface area contributed by atoms with Crippen LogP contribution >= 0.6 is 15.9 Å². The first-order valence-electron chi connectivity index (χ1n) is 3.16. The second-order valence-corrected chi connectivity index (χ2v) is 2.47. The topological polar surface area (TPSA) is 33.0 Å². The van der Waals surface area contributed by atoms with Gasteiger partial charge < -0.3 is 4.74 Å². The van der Waals surface area contributed by atoms with Gasteiger partial charge in [-0.05, 0) is 34.1 Å². The van der Waals surface area contributed by atoms with Crippen molar-refractivity contribution in [3.05, 3.63) is 29.6 Å². The Labute approximate surface area is 77.7 Å². The number of halogens is 2. The minimum Gasteiger partial charge on any atom is -0.479 e. The van der Waals surface area contributed by atoms with Crippen LogP contribution in [-0.2, 0) is 0 Å². The Hall–Kier alpha value is -1.08. The average Bonchev–Trinajstić information content (AvgIpc) is 2.09. The van der Waals surface area contributed by atoms with E-state index in [1.807, 2.05) is 6.07 Å². The largest absolute Gasteiger partial charge is 0.479 e. The molecule has 12 heavy (non-hydrogen) atoms. The van der Waals surface area contributed by atoms with Crippen molar-refractivity contribution in [3.63, 3.8) is 0 Å². The Morgan fingerprint density at radius 3 is 2.83 bits per heavy atom. The molecule has 1 aromatic carbocycles. The quantitative estimate of drug-likeness (QED) is 0.731. The highest BCUT2D eigenvalue weighted by atomic mass is 79.9. The zero-order valence-corrected chi connectivity index (χ0v) is 7.64. The molecule has 0 aliphatic rings. The van der Waals surface area contributed by atoms with Gasteiger partial charge in [0.15, 0.2) is 11.6 Å². The molecular weight excluding hydrogens is 225 g/mol. The molecule has 2 nitrogen and oxygen atoms in total. The average molecular weight is 230 g/mol. The molecule has 0 radical (unpaired) electrons. The fourth-order valence-corrected chi connectivity index (χ4v) is 0.993. The minimum atomic E-state index is -0.520. The molecule has 0 N–H and O–H groups in total. The van der Waals surface area contributed by atoms with Crippen LogP contribution in [0.1, 0.15) is 5.56 Å². The zero-order valence-electron chi connectivity index (χ0n) is 6.05. The van der Waals surface area contributed by atoms with Crippen LogP contribution in [0.2, 0.25) is 0 Å². The van der Waals surface area contributed by atoms with Crippen LogP contribution in [0, 0.1) is 17.1 Å². The summed E-state index contributed by atoms with van der Waals surface area (Å²) in [4.78, 5) is 0. The fraction of sp³-hybridized carbons (Fsp3) is 0.125. The molecule has 0 aliphatic carbocycles. The van der Waals surface area contributed by atoms with Crippen molar-refractivity contribution in [2.24, 2.45) is 0 Å². The molecule has 0 amide bonds. The predicted molar refractivity (Wildman–Crippen MR) is 45.5 cm³/mol. The summed E-state index contributed by atoms with van der Waals surface area (Å²) in [5.74, 6) is -0.376. The third kappa shape index (κ3) is 1.95. The number of nitrogens with zero attached hydrogens (tertiary/aromatic N) is 1. The lowest BCUT2D eigenvalue weighted by atomic mass is 10.2. The number of rotatable bonds is 2. The summed E-state index contributed by atoms with van der Waals surface area (Å²) < 4.78 is 17.8. The van der Waals surface area contributed by atoms with Crippen LogP contribution in [-0.4, -0.2) is 5.52 Å². The Bertz CT molecular complexity index is 321. The smallest absolute Gasteiger partial charge is 0.166 e. The van der Waals surface area contributed by atoms with Gasteiger partial charge in [-0.1, -0.05) is 0 Å². The van der Waals surface area contributed by atoms with Gasteiger partial charge in [0, 0.05) is 0 Å². The van der Waals surface area contributed by atoms with E-state index in [1.165, 1.54) is 12.1 Å². The molecule has 1 rings (SSSR count). The number of nitriles is 1. The van der Waals surface area contributed by atoms with Crippen LogP contribution in [0.5, 0.6) is 5.75 Å². The van der Waals surface area contributed by atoms with Crippen LogP contribution in [0.4, 0.5) is 4.39 Å². The SMILES string of the molecule is N#Cc1ccc(OCBr)c(F)c1. The van der Waals surface area contributed by atoms with E-state index in [1.54, 1.807) is 0 Å². The van der Waals surface area contributed by atoms with E-state index in [9.17, 15) is 4.39 Å². The summed E-state index contributed by atoms with van der Waals surface area (Å²) >= 11 is 3.00. The van der Waals surface area contributed by atoms with E-state index in [4.69, 9.17) is 10.00 Å². The van der Waals surface area contributed by atoms with E-state index >= 15 is 0 Å². The number of ether oxygens (including phenoxy) is 1. The summed E-state index contributed by atoms with van der Waals surface area (Å²) in [6.45, 7) is 0. The van der Waals surface area contributed by atoms with Gasteiger partial charge in [-0.15, -0.1) is 0 Å². The van der Waals surface area contributed by atoms with Crippen molar-refractivity contribution in [2.75, 3.05) is 5.52 Å².